The minimum Gasteiger partial charge on any atom is -0.456 e. The maximum Gasteiger partial charge on any atom is 0.138 e. The third kappa shape index (κ3) is 6.94. The molecule has 288 valence electrons. The number of benzene rings is 10. The Morgan fingerprint density at radius 2 is 0.672 bits per heavy atom. The number of aryl methyl sites for hydroxylation is 1. The Hall–Kier alpha value is -7.94. The molecule has 1 heterocycles. The van der Waals surface area contributed by atoms with Gasteiger partial charge in [0.2, 0.25) is 0 Å². The van der Waals surface area contributed by atoms with Gasteiger partial charge in [-0.3, -0.25) is 0 Å². The van der Waals surface area contributed by atoms with Crippen molar-refractivity contribution < 1.29 is 4.42 Å². The maximum absolute atomic E-state index is 6.30. The Kier molecular flexibility index (Phi) is 9.09. The van der Waals surface area contributed by atoms with E-state index in [9.17, 15) is 0 Å². The van der Waals surface area contributed by atoms with Gasteiger partial charge in [0.25, 0.3) is 0 Å². The minimum absolute atomic E-state index is 0.920. The van der Waals surface area contributed by atoms with Crippen LogP contribution in [0.3, 0.4) is 0 Å². The quantitative estimate of drug-likeness (QED) is 0.153. The van der Waals surface area contributed by atoms with Crippen LogP contribution in [0, 0.1) is 6.92 Å². The van der Waals surface area contributed by atoms with E-state index in [4.69, 9.17) is 4.42 Å². The highest BCUT2D eigenvalue weighted by Crippen LogP contribution is 2.39. The maximum atomic E-state index is 6.30. The molecule has 0 radical (unpaired) electrons. The highest BCUT2D eigenvalue weighted by atomic mass is 16.3. The molecule has 0 bridgehead atoms. The summed E-state index contributed by atoms with van der Waals surface area (Å²) in [6.07, 6.45) is 0. The zero-order chi connectivity index (χ0) is 40.7. The van der Waals surface area contributed by atoms with E-state index in [1.54, 1.807) is 0 Å². The third-order valence-electron chi connectivity index (χ3n) is 12.1. The summed E-state index contributed by atoms with van der Waals surface area (Å²) < 4.78 is 6.30. The molecule has 0 saturated carbocycles. The highest BCUT2D eigenvalue weighted by Gasteiger charge is 2.16. The summed E-state index contributed by atoms with van der Waals surface area (Å²) in [6, 6.07) is 83.0. The normalized spacial score (nSPS) is 11.4. The van der Waals surface area contributed by atoms with Crippen molar-refractivity contribution >= 4 is 49.6 Å². The molecule has 10 aromatic carbocycles. The smallest absolute Gasteiger partial charge is 0.138 e. The van der Waals surface area contributed by atoms with E-state index < -0.39 is 0 Å². The molecule has 0 fully saturated rings. The zero-order valence-corrected chi connectivity index (χ0v) is 33.8. The summed E-state index contributed by atoms with van der Waals surface area (Å²) in [5, 5.41) is 6.15. The summed E-state index contributed by atoms with van der Waals surface area (Å²) in [5.74, 6) is 0.926. The van der Waals surface area contributed by atoms with Crippen LogP contribution in [0.4, 0.5) is 17.1 Å². The van der Waals surface area contributed by atoms with E-state index in [0.717, 1.165) is 44.9 Å². The van der Waals surface area contributed by atoms with Crippen molar-refractivity contribution in [2.75, 3.05) is 4.90 Å². The Morgan fingerprint density at radius 3 is 1.16 bits per heavy atom. The van der Waals surface area contributed by atoms with Crippen LogP contribution in [0.1, 0.15) is 5.56 Å². The summed E-state index contributed by atoms with van der Waals surface area (Å²) in [6.45, 7) is 2.14. The predicted octanol–water partition coefficient (Wildman–Crippen LogP) is 16.9. The van der Waals surface area contributed by atoms with Gasteiger partial charge in [0, 0.05) is 33.6 Å². The Bertz CT molecular complexity index is 3220. The Morgan fingerprint density at radius 1 is 0.295 bits per heavy atom. The summed E-state index contributed by atoms with van der Waals surface area (Å²) in [4.78, 5) is 2.35. The van der Waals surface area contributed by atoms with E-state index in [0.29, 0.717) is 0 Å². The summed E-state index contributed by atoms with van der Waals surface area (Å²) in [7, 11) is 0. The summed E-state index contributed by atoms with van der Waals surface area (Å²) >= 11 is 0. The predicted molar refractivity (Wildman–Crippen MR) is 258 cm³/mol. The first kappa shape index (κ1) is 36.2. The second-order valence-electron chi connectivity index (χ2n) is 15.8. The van der Waals surface area contributed by atoms with Crippen molar-refractivity contribution in [1.29, 1.82) is 0 Å². The van der Waals surface area contributed by atoms with E-state index in [1.165, 1.54) is 66.1 Å². The number of fused-ring (bicyclic) bond motifs is 3. The van der Waals surface area contributed by atoms with Gasteiger partial charge in [-0.15, -0.1) is 0 Å². The highest BCUT2D eigenvalue weighted by molar-refractivity contribution is 5.91. The van der Waals surface area contributed by atoms with E-state index in [2.05, 4.69) is 230 Å². The number of furan rings is 1. The number of hydrogen-bond donors (Lipinski definition) is 0. The fourth-order valence-electron chi connectivity index (χ4n) is 8.74. The van der Waals surface area contributed by atoms with Crippen LogP contribution < -0.4 is 4.90 Å². The molecule has 0 N–H and O–H groups in total. The molecule has 61 heavy (non-hydrogen) atoms. The fourth-order valence-corrected chi connectivity index (χ4v) is 8.74. The van der Waals surface area contributed by atoms with E-state index in [1.807, 2.05) is 12.1 Å². The molecule has 0 aliphatic heterocycles. The first-order chi connectivity index (χ1) is 30.1. The first-order valence-corrected chi connectivity index (χ1v) is 20.9. The van der Waals surface area contributed by atoms with Crippen LogP contribution in [0.15, 0.2) is 235 Å². The van der Waals surface area contributed by atoms with Crippen molar-refractivity contribution in [2.24, 2.45) is 0 Å². The van der Waals surface area contributed by atoms with Crippen LogP contribution in [-0.4, -0.2) is 0 Å². The van der Waals surface area contributed by atoms with E-state index >= 15 is 0 Å². The lowest BCUT2D eigenvalue weighted by Gasteiger charge is -2.26. The lowest BCUT2D eigenvalue weighted by atomic mass is 9.97. The van der Waals surface area contributed by atoms with Crippen molar-refractivity contribution in [3.8, 4) is 55.8 Å². The van der Waals surface area contributed by atoms with Crippen LogP contribution in [0.25, 0.3) is 88.3 Å². The number of para-hydroxylation sites is 1. The Labute approximate surface area is 356 Å². The van der Waals surface area contributed by atoms with Gasteiger partial charge in [0.1, 0.15) is 11.3 Å². The fraction of sp³-hybridized carbons (Fsp3) is 0.0169. The number of rotatable bonds is 8. The van der Waals surface area contributed by atoms with Crippen molar-refractivity contribution in [1.82, 2.24) is 0 Å². The molecule has 2 heteroatoms. The third-order valence-corrected chi connectivity index (χ3v) is 12.1. The second kappa shape index (κ2) is 15.3. The molecule has 0 aliphatic rings. The molecule has 0 saturated heterocycles. The van der Waals surface area contributed by atoms with Crippen molar-refractivity contribution in [2.45, 2.75) is 6.92 Å². The topological polar surface area (TPSA) is 16.4 Å². The molecule has 0 aliphatic carbocycles. The van der Waals surface area contributed by atoms with Gasteiger partial charge in [-0.05, 0) is 134 Å². The van der Waals surface area contributed by atoms with Gasteiger partial charge >= 0.3 is 0 Å². The minimum atomic E-state index is 0.920. The molecular weight excluding hydrogens is 739 g/mol. The molecule has 11 rings (SSSR count). The number of nitrogens with zero attached hydrogens (tertiary/aromatic N) is 1. The molecule has 0 atom stereocenters. The number of anilines is 3. The molecule has 1 aromatic heterocycles. The second-order valence-corrected chi connectivity index (χ2v) is 15.8. The first-order valence-electron chi connectivity index (χ1n) is 20.9. The van der Waals surface area contributed by atoms with Gasteiger partial charge in [-0.25, -0.2) is 0 Å². The largest absolute Gasteiger partial charge is 0.456 e. The van der Waals surface area contributed by atoms with Crippen molar-refractivity contribution in [3.63, 3.8) is 0 Å². The molecule has 2 nitrogen and oxygen atoms in total. The summed E-state index contributed by atoms with van der Waals surface area (Å²) in [5.41, 5.74) is 15.9. The van der Waals surface area contributed by atoms with Gasteiger partial charge < -0.3 is 9.32 Å². The lowest BCUT2D eigenvalue weighted by molar-refractivity contribution is 0.629. The van der Waals surface area contributed by atoms with Gasteiger partial charge in [0.15, 0.2) is 0 Å². The monoisotopic (exact) mass is 779 g/mol. The van der Waals surface area contributed by atoms with Crippen LogP contribution in [0.5, 0.6) is 0 Å². The molecule has 0 unspecified atom stereocenters. The van der Waals surface area contributed by atoms with Crippen LogP contribution in [0.2, 0.25) is 0 Å². The van der Waals surface area contributed by atoms with Crippen LogP contribution in [-0.2, 0) is 0 Å². The number of hydrogen-bond acceptors (Lipinski definition) is 2. The van der Waals surface area contributed by atoms with Gasteiger partial charge in [-0.1, -0.05) is 170 Å². The van der Waals surface area contributed by atoms with Gasteiger partial charge in [-0.2, -0.15) is 0 Å². The average Bonchev–Trinajstić information content (AvgIpc) is 3.68. The Balaban J connectivity index is 0.898. The zero-order valence-electron chi connectivity index (χ0n) is 33.8. The standard InChI is InChI=1S/C59H41NO/c1-40-57-15-6-7-16-58(57)61-59(40)53-14-8-13-50(39-53)45-19-17-43(18-20-45)44-25-31-54(32-26-44)60(55-33-27-46(28-34-55)51-23-21-41-9-2-4-11-48(41)37-51)56-35-29-47(30-36-56)52-24-22-42-10-3-5-12-49(42)38-52/h2-39H,1H3. The van der Waals surface area contributed by atoms with Gasteiger partial charge in [0.05, 0.1) is 0 Å². The SMILES string of the molecule is Cc1c(-c2cccc(-c3ccc(-c4ccc(N(c5ccc(-c6ccc7ccccc7c6)cc5)c5ccc(-c6ccc7ccccc7c6)cc5)cc4)cc3)c2)oc2ccccc12. The van der Waals surface area contributed by atoms with Crippen molar-refractivity contribution in [3.05, 3.63) is 236 Å². The molecule has 0 spiro atoms. The molecule has 0 amide bonds. The van der Waals surface area contributed by atoms with E-state index in [-0.39, 0.29) is 0 Å². The molecular formula is C59H41NO. The molecule has 11 aromatic rings. The lowest BCUT2D eigenvalue weighted by Crippen LogP contribution is -2.09. The average molecular weight is 780 g/mol. The van der Waals surface area contributed by atoms with Crippen LogP contribution >= 0.6 is 0 Å².